The van der Waals surface area contributed by atoms with Gasteiger partial charge in [0.2, 0.25) is 0 Å². The first-order valence-electron chi connectivity index (χ1n) is 3.73. The van der Waals surface area contributed by atoms with Crippen LogP contribution in [0.25, 0.3) is 5.57 Å². The Bertz CT molecular complexity index is 313. The zero-order valence-electron chi connectivity index (χ0n) is 6.83. The molecule has 0 spiro atoms. The molecule has 1 aromatic heterocycles. The number of thiazole rings is 1. The van der Waals surface area contributed by atoms with Gasteiger partial charge < -0.3 is 5.73 Å². The van der Waals surface area contributed by atoms with Crippen LogP contribution in [-0.4, -0.2) is 10.9 Å². The second-order valence-electron chi connectivity index (χ2n) is 2.40. The highest BCUT2D eigenvalue weighted by molar-refractivity contribution is 7.13. The number of carbonyl (C=O) groups excluding carboxylic acids is 1. The molecule has 1 aromatic rings. The molecule has 0 saturated heterocycles. The smallest absolute Gasteiger partial charge is 0.180 e. The van der Waals surface area contributed by atoms with E-state index in [-0.39, 0.29) is 0 Å². The van der Waals surface area contributed by atoms with Crippen molar-refractivity contribution in [3.05, 3.63) is 11.1 Å². The monoisotopic (exact) mass is 182 g/mol. The molecule has 0 bridgehead atoms. The molecule has 1 rings (SSSR count). The summed E-state index contributed by atoms with van der Waals surface area (Å²) < 4.78 is 0. The van der Waals surface area contributed by atoms with Crippen molar-refractivity contribution in [1.29, 1.82) is 0 Å². The van der Waals surface area contributed by atoms with E-state index in [1.165, 1.54) is 11.3 Å². The van der Waals surface area contributed by atoms with Gasteiger partial charge in [0.15, 0.2) is 5.13 Å². The van der Waals surface area contributed by atoms with Gasteiger partial charge in [-0.15, -0.1) is 11.3 Å². The fourth-order valence-corrected chi connectivity index (χ4v) is 1.49. The summed E-state index contributed by atoms with van der Waals surface area (Å²) in [6.07, 6.45) is 1.63. The number of rotatable bonds is 3. The lowest BCUT2D eigenvalue weighted by Gasteiger charge is -1.93. The molecule has 0 saturated carbocycles. The minimum atomic E-state index is 0.494. The number of hydrogen-bond donors (Lipinski definition) is 1. The highest BCUT2D eigenvalue weighted by Gasteiger charge is 2.05. The highest BCUT2D eigenvalue weighted by atomic mass is 32.1. The normalized spacial score (nSPS) is 9.42. The summed E-state index contributed by atoms with van der Waals surface area (Å²) in [4.78, 5) is 14.5. The van der Waals surface area contributed by atoms with E-state index >= 15 is 0 Å². The van der Waals surface area contributed by atoms with Gasteiger partial charge in [0, 0.05) is 5.38 Å². The van der Waals surface area contributed by atoms with Crippen LogP contribution < -0.4 is 5.73 Å². The molecule has 0 aromatic carbocycles. The van der Waals surface area contributed by atoms with Crippen molar-refractivity contribution in [2.45, 2.75) is 19.8 Å². The second-order valence-corrected chi connectivity index (χ2v) is 3.29. The number of aromatic nitrogens is 1. The highest BCUT2D eigenvalue weighted by Crippen LogP contribution is 2.20. The lowest BCUT2D eigenvalue weighted by Crippen LogP contribution is -1.87. The van der Waals surface area contributed by atoms with Crippen LogP contribution in [-0.2, 0) is 4.79 Å². The molecular formula is C8H10N2OS. The average Bonchev–Trinajstić information content (AvgIpc) is 2.47. The SMILES string of the molecule is CCCC(=C=O)c1csc(N)n1. The molecule has 0 aliphatic carbocycles. The molecule has 0 amide bonds. The maximum Gasteiger partial charge on any atom is 0.180 e. The Morgan fingerprint density at radius 3 is 3.00 bits per heavy atom. The summed E-state index contributed by atoms with van der Waals surface area (Å²) in [6.45, 7) is 2.01. The Balaban J connectivity index is 2.88. The van der Waals surface area contributed by atoms with Crippen LogP contribution >= 0.6 is 11.3 Å². The van der Waals surface area contributed by atoms with E-state index in [9.17, 15) is 4.79 Å². The van der Waals surface area contributed by atoms with Crippen LogP contribution in [0.15, 0.2) is 5.38 Å². The van der Waals surface area contributed by atoms with Gasteiger partial charge in [-0.05, 0) is 6.42 Å². The maximum absolute atomic E-state index is 10.5. The third-order valence-corrected chi connectivity index (χ3v) is 2.13. The molecule has 2 N–H and O–H groups in total. The largest absolute Gasteiger partial charge is 0.375 e. The van der Waals surface area contributed by atoms with Crippen molar-refractivity contribution in [1.82, 2.24) is 4.98 Å². The molecule has 64 valence electrons. The van der Waals surface area contributed by atoms with Crippen molar-refractivity contribution in [2.75, 3.05) is 5.73 Å². The maximum atomic E-state index is 10.5. The van der Waals surface area contributed by atoms with Crippen molar-refractivity contribution in [3.63, 3.8) is 0 Å². The van der Waals surface area contributed by atoms with E-state index < -0.39 is 0 Å². The quantitative estimate of drug-likeness (QED) is 0.724. The number of allylic oxidation sites excluding steroid dienone is 1. The van der Waals surface area contributed by atoms with Gasteiger partial charge in [-0.2, -0.15) is 0 Å². The van der Waals surface area contributed by atoms with Crippen LogP contribution in [0.5, 0.6) is 0 Å². The van der Waals surface area contributed by atoms with Gasteiger partial charge in [-0.3, -0.25) is 0 Å². The number of nitrogens with two attached hydrogens (primary N) is 1. The molecule has 12 heavy (non-hydrogen) atoms. The van der Waals surface area contributed by atoms with E-state index in [0.29, 0.717) is 22.8 Å². The number of anilines is 1. The predicted molar refractivity (Wildman–Crippen MR) is 50.5 cm³/mol. The molecule has 4 heteroatoms. The molecular weight excluding hydrogens is 172 g/mol. The van der Waals surface area contributed by atoms with E-state index in [2.05, 4.69) is 4.98 Å². The molecule has 0 fully saturated rings. The van der Waals surface area contributed by atoms with E-state index in [1.54, 1.807) is 5.38 Å². The van der Waals surface area contributed by atoms with Crippen LogP contribution in [0, 0.1) is 0 Å². The Morgan fingerprint density at radius 1 is 1.83 bits per heavy atom. The van der Waals surface area contributed by atoms with Gasteiger partial charge >= 0.3 is 0 Å². The van der Waals surface area contributed by atoms with Crippen LogP contribution in [0.3, 0.4) is 0 Å². The molecule has 0 unspecified atom stereocenters. The number of hydrogen-bond acceptors (Lipinski definition) is 4. The molecule has 3 nitrogen and oxygen atoms in total. The van der Waals surface area contributed by atoms with Crippen molar-refractivity contribution in [3.8, 4) is 0 Å². The summed E-state index contributed by atoms with van der Waals surface area (Å²) in [5.74, 6) is 1.89. The van der Waals surface area contributed by atoms with Crippen molar-refractivity contribution < 1.29 is 4.79 Å². The lowest BCUT2D eigenvalue weighted by molar-refractivity contribution is 0.569. The third kappa shape index (κ3) is 1.94. The van der Waals surface area contributed by atoms with Gasteiger partial charge in [-0.1, -0.05) is 13.3 Å². The Hall–Kier alpha value is -1.12. The number of nitrogens with zero attached hydrogens (tertiary/aromatic N) is 1. The summed E-state index contributed by atoms with van der Waals surface area (Å²) in [5, 5.41) is 2.28. The fraction of sp³-hybridized carbons (Fsp3) is 0.375. The van der Waals surface area contributed by atoms with Gasteiger partial charge in [0.1, 0.15) is 5.94 Å². The minimum absolute atomic E-state index is 0.494. The van der Waals surface area contributed by atoms with E-state index in [4.69, 9.17) is 5.73 Å². The van der Waals surface area contributed by atoms with E-state index in [1.807, 2.05) is 12.9 Å². The Labute approximate surface area is 74.9 Å². The van der Waals surface area contributed by atoms with Crippen LogP contribution in [0.1, 0.15) is 25.5 Å². The lowest BCUT2D eigenvalue weighted by atomic mass is 10.1. The molecule has 0 aliphatic heterocycles. The van der Waals surface area contributed by atoms with Crippen molar-refractivity contribution in [2.24, 2.45) is 0 Å². The third-order valence-electron chi connectivity index (χ3n) is 1.45. The van der Waals surface area contributed by atoms with Gasteiger partial charge in [-0.25, -0.2) is 9.78 Å². The Kier molecular flexibility index (Phi) is 3.02. The first kappa shape index (κ1) is 8.97. The topological polar surface area (TPSA) is 56.0 Å². The first-order chi connectivity index (χ1) is 5.77. The summed E-state index contributed by atoms with van der Waals surface area (Å²) in [5.41, 5.74) is 6.72. The van der Waals surface area contributed by atoms with Gasteiger partial charge in [0.25, 0.3) is 0 Å². The predicted octanol–water partition coefficient (Wildman–Crippen LogP) is 1.74. The summed E-state index contributed by atoms with van der Waals surface area (Å²) >= 11 is 1.34. The first-order valence-corrected chi connectivity index (χ1v) is 4.61. The van der Waals surface area contributed by atoms with Crippen molar-refractivity contribution >= 4 is 28.0 Å². The zero-order valence-corrected chi connectivity index (χ0v) is 7.65. The van der Waals surface area contributed by atoms with Crippen LogP contribution in [0.2, 0.25) is 0 Å². The van der Waals surface area contributed by atoms with Gasteiger partial charge in [0.05, 0.1) is 11.3 Å². The Morgan fingerprint density at radius 2 is 2.58 bits per heavy atom. The second kappa shape index (κ2) is 4.04. The molecule has 0 radical (unpaired) electrons. The number of nitrogen functional groups attached to an aromatic ring is 1. The zero-order chi connectivity index (χ0) is 8.97. The molecule has 0 aliphatic rings. The van der Waals surface area contributed by atoms with Crippen LogP contribution in [0.4, 0.5) is 5.13 Å². The average molecular weight is 182 g/mol. The molecule has 0 atom stereocenters. The minimum Gasteiger partial charge on any atom is -0.375 e. The van der Waals surface area contributed by atoms with E-state index in [0.717, 1.165) is 6.42 Å². The summed E-state index contributed by atoms with van der Waals surface area (Å²) in [6, 6.07) is 0. The molecule has 1 heterocycles. The summed E-state index contributed by atoms with van der Waals surface area (Å²) in [7, 11) is 0. The fourth-order valence-electron chi connectivity index (χ4n) is 0.908. The standard InChI is InChI=1S/C8H10N2OS/c1-2-3-6(4-11)7-5-12-8(9)10-7/h5H,2-3H2,1H3,(H2,9,10).